The van der Waals surface area contributed by atoms with Crippen LogP contribution in [0.1, 0.15) is 5.56 Å². The predicted molar refractivity (Wildman–Crippen MR) is 55.3 cm³/mol. The van der Waals surface area contributed by atoms with Crippen LogP contribution in [0.15, 0.2) is 6.07 Å². The number of nitro groups is 1. The molecule has 12 heteroatoms. The molecule has 0 amide bonds. The number of halogens is 7. The van der Waals surface area contributed by atoms with Crippen molar-refractivity contribution in [1.29, 1.82) is 0 Å². The van der Waals surface area contributed by atoms with E-state index in [1.807, 2.05) is 0 Å². The molecular formula is C7HF6IN2O3. The quantitative estimate of drug-likeness (QED) is 0.250. The molecule has 0 aliphatic heterocycles. The average Bonchev–Trinajstić information content (AvgIpc) is 2.16. The average molecular weight is 402 g/mol. The summed E-state index contributed by atoms with van der Waals surface area (Å²) in [5, 5.41) is 10.5. The number of rotatable bonds is 2. The Morgan fingerprint density at radius 1 is 1.26 bits per heavy atom. The fourth-order valence-corrected chi connectivity index (χ4v) is 1.58. The molecule has 0 fully saturated rings. The van der Waals surface area contributed by atoms with Crippen LogP contribution in [0.3, 0.4) is 0 Å². The van der Waals surface area contributed by atoms with Crippen LogP contribution < -0.4 is 4.74 Å². The molecule has 0 aromatic carbocycles. The van der Waals surface area contributed by atoms with Gasteiger partial charge in [0, 0.05) is 28.7 Å². The van der Waals surface area contributed by atoms with Gasteiger partial charge in [0.05, 0.1) is 0 Å². The molecule has 0 N–H and O–H groups in total. The highest BCUT2D eigenvalue weighted by atomic mass is 127. The summed E-state index contributed by atoms with van der Waals surface area (Å²) in [7, 11) is 0. The highest BCUT2D eigenvalue weighted by molar-refractivity contribution is 14.1. The zero-order chi connectivity index (χ0) is 15.0. The maximum Gasteiger partial charge on any atom is 0.573 e. The van der Waals surface area contributed by atoms with Crippen LogP contribution in [0.5, 0.6) is 5.75 Å². The summed E-state index contributed by atoms with van der Waals surface area (Å²) in [6, 6.07) is 0.217. The number of nitrogens with zero attached hydrogens (tertiary/aromatic N) is 2. The van der Waals surface area contributed by atoms with Gasteiger partial charge in [0.1, 0.15) is 5.56 Å². The van der Waals surface area contributed by atoms with Crippen LogP contribution in [0.2, 0.25) is 0 Å². The van der Waals surface area contributed by atoms with Gasteiger partial charge in [-0.25, -0.2) is 0 Å². The zero-order valence-corrected chi connectivity index (χ0v) is 10.5. The Balaban J connectivity index is 3.57. The fourth-order valence-electron chi connectivity index (χ4n) is 1.04. The van der Waals surface area contributed by atoms with Gasteiger partial charge in [-0.3, -0.25) is 0 Å². The molecular weight excluding hydrogens is 401 g/mol. The minimum Gasteiger partial charge on any atom is -0.396 e. The maximum absolute atomic E-state index is 12.5. The first-order valence-corrected chi connectivity index (χ1v) is 5.17. The van der Waals surface area contributed by atoms with Gasteiger partial charge in [-0.15, -0.1) is 13.2 Å². The van der Waals surface area contributed by atoms with E-state index in [1.165, 1.54) is 22.6 Å². The van der Waals surface area contributed by atoms with Crippen LogP contribution in [-0.2, 0) is 6.18 Å². The van der Waals surface area contributed by atoms with Gasteiger partial charge in [-0.2, -0.15) is 13.2 Å². The Kier molecular flexibility index (Phi) is 4.11. The Hall–Kier alpha value is -1.34. The van der Waals surface area contributed by atoms with Crippen molar-refractivity contribution in [2.45, 2.75) is 12.5 Å². The van der Waals surface area contributed by atoms with Crippen LogP contribution >= 0.6 is 22.6 Å². The highest BCUT2D eigenvalue weighted by Crippen LogP contribution is 2.43. The van der Waals surface area contributed by atoms with Crippen molar-refractivity contribution in [3.8, 4) is 5.75 Å². The zero-order valence-electron chi connectivity index (χ0n) is 8.34. The lowest BCUT2D eigenvalue weighted by atomic mass is 10.2. The maximum atomic E-state index is 12.5. The van der Waals surface area contributed by atoms with E-state index in [0.717, 1.165) is 0 Å². The molecule has 1 heterocycles. The summed E-state index contributed by atoms with van der Waals surface area (Å²) >= 11 is 1.21. The molecule has 1 aromatic heterocycles. The summed E-state index contributed by atoms with van der Waals surface area (Å²) in [5.41, 5.74) is -1.92. The van der Waals surface area contributed by atoms with E-state index in [4.69, 9.17) is 0 Å². The molecule has 0 atom stereocenters. The van der Waals surface area contributed by atoms with Crippen LogP contribution in [0, 0.1) is 13.8 Å². The van der Waals surface area contributed by atoms with Crippen LogP contribution in [0.4, 0.5) is 32.2 Å². The highest BCUT2D eigenvalue weighted by Gasteiger charge is 2.44. The monoisotopic (exact) mass is 402 g/mol. The van der Waals surface area contributed by atoms with E-state index < -0.39 is 38.3 Å². The van der Waals surface area contributed by atoms with Gasteiger partial charge in [0.15, 0.2) is 0 Å². The molecule has 0 saturated carbocycles. The van der Waals surface area contributed by atoms with Crippen molar-refractivity contribution in [2.24, 2.45) is 0 Å². The molecule has 0 unspecified atom stereocenters. The second kappa shape index (κ2) is 4.97. The number of pyridine rings is 1. The number of ether oxygens (including phenoxy) is 1. The molecule has 0 spiro atoms. The van der Waals surface area contributed by atoms with E-state index in [2.05, 4.69) is 9.72 Å². The van der Waals surface area contributed by atoms with Crippen molar-refractivity contribution in [3.05, 3.63) is 25.4 Å². The summed E-state index contributed by atoms with van der Waals surface area (Å²) in [6.45, 7) is 0. The Morgan fingerprint density at radius 2 is 1.79 bits per heavy atom. The van der Waals surface area contributed by atoms with E-state index in [-0.39, 0.29) is 6.07 Å². The number of aromatic nitrogens is 1. The number of hydrogen-bond acceptors (Lipinski definition) is 4. The molecule has 0 bridgehead atoms. The molecule has 19 heavy (non-hydrogen) atoms. The topological polar surface area (TPSA) is 65.3 Å². The minimum atomic E-state index is -5.51. The summed E-state index contributed by atoms with van der Waals surface area (Å²) in [4.78, 5) is 12.0. The SMILES string of the molecule is O=[N+]([O-])c1nc(I)cc(C(F)(F)F)c1OC(F)(F)F. The summed E-state index contributed by atoms with van der Waals surface area (Å²) in [6.07, 6.45) is -10.8. The predicted octanol–water partition coefficient (Wildman–Crippen LogP) is 3.51. The van der Waals surface area contributed by atoms with Gasteiger partial charge in [0.2, 0.25) is 9.45 Å². The summed E-state index contributed by atoms with van der Waals surface area (Å²) < 4.78 is 76.3. The van der Waals surface area contributed by atoms with Crippen molar-refractivity contribution < 1.29 is 36.0 Å². The Morgan fingerprint density at radius 3 is 2.16 bits per heavy atom. The molecule has 0 radical (unpaired) electrons. The lowest BCUT2D eigenvalue weighted by Gasteiger charge is -2.14. The largest absolute Gasteiger partial charge is 0.573 e. The second-order valence-electron chi connectivity index (χ2n) is 2.95. The molecule has 1 aromatic rings. The first kappa shape index (κ1) is 15.7. The van der Waals surface area contributed by atoms with Crippen LogP contribution in [-0.4, -0.2) is 16.3 Å². The van der Waals surface area contributed by atoms with Gasteiger partial charge >= 0.3 is 18.4 Å². The van der Waals surface area contributed by atoms with Crippen molar-refractivity contribution >= 4 is 28.4 Å². The standard InChI is InChI=1S/C7HF6IN2O3/c8-6(9,10)2-1-3(14)15-5(16(17)18)4(2)19-7(11,12)13/h1H. The number of alkyl halides is 6. The van der Waals surface area contributed by atoms with E-state index in [0.29, 0.717) is 0 Å². The molecule has 0 aliphatic carbocycles. The van der Waals surface area contributed by atoms with Crippen LogP contribution in [0.25, 0.3) is 0 Å². The first-order chi connectivity index (χ1) is 8.42. The normalized spacial score (nSPS) is 12.4. The lowest BCUT2D eigenvalue weighted by Crippen LogP contribution is -2.22. The van der Waals surface area contributed by atoms with Gasteiger partial charge in [-0.1, -0.05) is 0 Å². The van der Waals surface area contributed by atoms with Crippen molar-refractivity contribution in [2.75, 3.05) is 0 Å². The smallest absolute Gasteiger partial charge is 0.396 e. The molecule has 5 nitrogen and oxygen atoms in total. The lowest BCUT2D eigenvalue weighted by molar-refractivity contribution is -0.393. The van der Waals surface area contributed by atoms with Crippen molar-refractivity contribution in [3.63, 3.8) is 0 Å². The molecule has 1 rings (SSSR count). The Bertz CT molecular complexity index is 515. The number of hydrogen-bond donors (Lipinski definition) is 0. The third kappa shape index (κ3) is 4.07. The molecule has 106 valence electrons. The van der Waals surface area contributed by atoms with Gasteiger partial charge in [0.25, 0.3) is 0 Å². The van der Waals surface area contributed by atoms with E-state index >= 15 is 0 Å². The van der Waals surface area contributed by atoms with Gasteiger partial charge in [-0.05, 0) is 9.91 Å². The second-order valence-corrected chi connectivity index (χ2v) is 4.05. The van der Waals surface area contributed by atoms with E-state index in [9.17, 15) is 36.5 Å². The third-order valence-corrected chi connectivity index (χ3v) is 2.17. The fraction of sp³-hybridized carbons (Fsp3) is 0.286. The molecule has 0 aliphatic rings. The van der Waals surface area contributed by atoms with Gasteiger partial charge < -0.3 is 14.9 Å². The minimum absolute atomic E-state index is 0.217. The molecule has 0 saturated heterocycles. The Labute approximate surface area is 113 Å². The first-order valence-electron chi connectivity index (χ1n) is 4.09. The van der Waals surface area contributed by atoms with Crippen molar-refractivity contribution in [1.82, 2.24) is 4.98 Å². The van der Waals surface area contributed by atoms with E-state index in [1.54, 1.807) is 0 Å². The summed E-state index contributed by atoms with van der Waals surface area (Å²) in [5.74, 6) is -3.64. The third-order valence-electron chi connectivity index (χ3n) is 1.62.